The standard InChI is InChI=1S/C22H13BrClN3O3S/c23-16-8-4-3-7-15(16)19(28)26-22(31)25-18-10-9-12(11-17(18)24)27-20(29)13-5-1-2-6-14(13)21(27)30/h1-11H,(H2,25,26,28,31). The summed E-state index contributed by atoms with van der Waals surface area (Å²) < 4.78 is 0.638. The number of nitrogens with zero attached hydrogens (tertiary/aromatic N) is 1. The van der Waals surface area contributed by atoms with Gasteiger partial charge in [-0.15, -0.1) is 0 Å². The van der Waals surface area contributed by atoms with Crippen LogP contribution in [0, 0.1) is 0 Å². The molecule has 1 aliphatic heterocycles. The first kappa shape index (κ1) is 21.2. The van der Waals surface area contributed by atoms with E-state index in [0.29, 0.717) is 32.5 Å². The number of carbonyl (C=O) groups is 3. The number of hydrogen-bond donors (Lipinski definition) is 2. The molecule has 2 N–H and O–H groups in total. The van der Waals surface area contributed by atoms with Gasteiger partial charge in [-0.2, -0.15) is 0 Å². The van der Waals surface area contributed by atoms with Crippen molar-refractivity contribution in [2.24, 2.45) is 0 Å². The number of thiocarbonyl (C=S) groups is 1. The highest BCUT2D eigenvalue weighted by atomic mass is 79.9. The number of fused-ring (bicyclic) bond motifs is 1. The Morgan fingerprint density at radius 1 is 0.935 bits per heavy atom. The Labute approximate surface area is 196 Å². The van der Waals surface area contributed by atoms with Crippen molar-refractivity contribution in [3.63, 3.8) is 0 Å². The van der Waals surface area contributed by atoms with Crippen LogP contribution in [0.3, 0.4) is 0 Å². The highest BCUT2D eigenvalue weighted by molar-refractivity contribution is 9.10. The number of rotatable bonds is 3. The second-order valence-electron chi connectivity index (χ2n) is 6.54. The largest absolute Gasteiger partial charge is 0.331 e. The summed E-state index contributed by atoms with van der Waals surface area (Å²) in [5.41, 5.74) is 1.88. The second-order valence-corrected chi connectivity index (χ2v) is 8.21. The molecule has 9 heteroatoms. The van der Waals surface area contributed by atoms with E-state index in [1.165, 1.54) is 6.07 Å². The zero-order valence-electron chi connectivity index (χ0n) is 15.7. The molecular formula is C22H13BrClN3O3S. The molecule has 3 aromatic carbocycles. The normalized spacial score (nSPS) is 12.5. The second kappa shape index (κ2) is 8.58. The monoisotopic (exact) mass is 513 g/mol. The van der Waals surface area contributed by atoms with Crippen LogP contribution in [-0.4, -0.2) is 22.8 Å². The molecule has 1 aliphatic rings. The average molecular weight is 515 g/mol. The molecule has 0 fully saturated rings. The third-order valence-electron chi connectivity index (χ3n) is 4.60. The molecule has 0 saturated carbocycles. The van der Waals surface area contributed by atoms with Crippen LogP contribution in [0.15, 0.2) is 71.2 Å². The fraction of sp³-hybridized carbons (Fsp3) is 0. The number of nitrogens with one attached hydrogen (secondary N) is 2. The van der Waals surface area contributed by atoms with Gasteiger partial charge >= 0.3 is 0 Å². The van der Waals surface area contributed by atoms with Crippen LogP contribution in [-0.2, 0) is 0 Å². The van der Waals surface area contributed by atoms with Crippen LogP contribution in [0.4, 0.5) is 11.4 Å². The molecule has 0 atom stereocenters. The molecule has 154 valence electrons. The molecule has 0 radical (unpaired) electrons. The highest BCUT2D eigenvalue weighted by Gasteiger charge is 2.36. The molecule has 0 spiro atoms. The van der Waals surface area contributed by atoms with E-state index in [-0.39, 0.29) is 16.0 Å². The van der Waals surface area contributed by atoms with E-state index >= 15 is 0 Å². The minimum atomic E-state index is -0.409. The summed E-state index contributed by atoms with van der Waals surface area (Å²) in [6.07, 6.45) is 0. The predicted octanol–water partition coefficient (Wildman–Crippen LogP) is 5.03. The topological polar surface area (TPSA) is 78.5 Å². The van der Waals surface area contributed by atoms with E-state index in [4.69, 9.17) is 23.8 Å². The van der Waals surface area contributed by atoms with Crippen molar-refractivity contribution in [1.82, 2.24) is 5.32 Å². The van der Waals surface area contributed by atoms with Crippen molar-refractivity contribution in [2.75, 3.05) is 10.2 Å². The lowest BCUT2D eigenvalue weighted by molar-refractivity contribution is 0.0923. The number of anilines is 2. The Hall–Kier alpha value is -3.07. The van der Waals surface area contributed by atoms with Crippen LogP contribution in [0.25, 0.3) is 0 Å². The van der Waals surface area contributed by atoms with Crippen LogP contribution in [0.5, 0.6) is 0 Å². The van der Waals surface area contributed by atoms with Gasteiger partial charge in [-0.25, -0.2) is 4.90 Å². The lowest BCUT2D eigenvalue weighted by atomic mass is 10.1. The molecule has 3 aromatic rings. The molecule has 0 saturated heterocycles. The van der Waals surface area contributed by atoms with E-state index in [1.54, 1.807) is 60.7 Å². The molecule has 0 aromatic heterocycles. The molecule has 0 unspecified atom stereocenters. The molecule has 0 aliphatic carbocycles. The Morgan fingerprint density at radius 2 is 1.55 bits per heavy atom. The smallest absolute Gasteiger partial charge is 0.266 e. The first-order valence-corrected chi connectivity index (χ1v) is 10.6. The van der Waals surface area contributed by atoms with E-state index in [2.05, 4.69) is 26.6 Å². The minimum Gasteiger partial charge on any atom is -0.331 e. The van der Waals surface area contributed by atoms with Crippen molar-refractivity contribution in [2.45, 2.75) is 0 Å². The molecule has 4 rings (SSSR count). The fourth-order valence-corrected chi connectivity index (χ4v) is 4.03. The first-order chi connectivity index (χ1) is 14.9. The average Bonchev–Trinajstić information content (AvgIpc) is 3.00. The van der Waals surface area contributed by atoms with Crippen molar-refractivity contribution < 1.29 is 14.4 Å². The number of amides is 3. The predicted molar refractivity (Wildman–Crippen MR) is 127 cm³/mol. The van der Waals surface area contributed by atoms with Gasteiger partial charge in [-0.1, -0.05) is 35.9 Å². The van der Waals surface area contributed by atoms with E-state index in [0.717, 1.165) is 4.90 Å². The van der Waals surface area contributed by atoms with Crippen molar-refractivity contribution in [1.29, 1.82) is 0 Å². The zero-order valence-corrected chi connectivity index (χ0v) is 18.8. The van der Waals surface area contributed by atoms with E-state index in [1.807, 2.05) is 0 Å². The highest BCUT2D eigenvalue weighted by Crippen LogP contribution is 2.32. The Balaban J connectivity index is 1.49. The Bertz CT molecular complexity index is 1230. The van der Waals surface area contributed by atoms with Crippen molar-refractivity contribution in [3.05, 3.63) is 92.9 Å². The molecule has 31 heavy (non-hydrogen) atoms. The summed E-state index contributed by atoms with van der Waals surface area (Å²) in [4.78, 5) is 38.7. The van der Waals surface area contributed by atoms with Gasteiger partial charge in [0.2, 0.25) is 0 Å². The summed E-state index contributed by atoms with van der Waals surface area (Å²) >= 11 is 14.9. The quantitative estimate of drug-likeness (QED) is 0.379. The van der Waals surface area contributed by atoms with Gasteiger partial charge in [-0.3, -0.25) is 19.7 Å². The third kappa shape index (κ3) is 4.10. The van der Waals surface area contributed by atoms with Gasteiger partial charge in [0.25, 0.3) is 17.7 Å². The number of benzene rings is 3. The summed E-state index contributed by atoms with van der Waals surface area (Å²) in [6.45, 7) is 0. The zero-order chi connectivity index (χ0) is 22.1. The number of halogens is 2. The maximum absolute atomic E-state index is 12.6. The van der Waals surface area contributed by atoms with Crippen LogP contribution in [0.1, 0.15) is 31.1 Å². The number of hydrogen-bond acceptors (Lipinski definition) is 4. The van der Waals surface area contributed by atoms with Gasteiger partial charge in [0.05, 0.1) is 33.1 Å². The van der Waals surface area contributed by atoms with Crippen molar-refractivity contribution >= 4 is 74.0 Å². The van der Waals surface area contributed by atoms with Crippen LogP contribution >= 0.6 is 39.7 Å². The van der Waals surface area contributed by atoms with Gasteiger partial charge in [0, 0.05) is 4.47 Å². The first-order valence-electron chi connectivity index (χ1n) is 9.01. The third-order valence-corrected chi connectivity index (χ3v) is 5.81. The van der Waals surface area contributed by atoms with Crippen molar-refractivity contribution in [3.8, 4) is 0 Å². The van der Waals surface area contributed by atoms with E-state index in [9.17, 15) is 14.4 Å². The minimum absolute atomic E-state index is 0.0520. The summed E-state index contributed by atoms with van der Waals surface area (Å²) in [6, 6.07) is 18.2. The summed E-state index contributed by atoms with van der Waals surface area (Å²) in [7, 11) is 0. The van der Waals surface area contributed by atoms with Gasteiger partial charge in [-0.05, 0) is 70.6 Å². The molecule has 1 heterocycles. The van der Waals surface area contributed by atoms with Gasteiger partial charge in [0.15, 0.2) is 5.11 Å². The van der Waals surface area contributed by atoms with Gasteiger partial charge in [0.1, 0.15) is 0 Å². The molecular weight excluding hydrogens is 502 g/mol. The number of imide groups is 1. The van der Waals surface area contributed by atoms with E-state index < -0.39 is 11.8 Å². The molecule has 6 nitrogen and oxygen atoms in total. The lowest BCUT2D eigenvalue weighted by Gasteiger charge is -2.16. The molecule has 0 bridgehead atoms. The Kier molecular flexibility index (Phi) is 5.86. The Morgan fingerprint density at radius 3 is 2.16 bits per heavy atom. The van der Waals surface area contributed by atoms with Crippen LogP contribution < -0.4 is 15.5 Å². The fourth-order valence-electron chi connectivity index (χ4n) is 3.14. The summed E-state index contributed by atoms with van der Waals surface area (Å²) in [5.74, 6) is -1.20. The summed E-state index contributed by atoms with van der Waals surface area (Å²) in [5, 5.41) is 5.71. The SMILES string of the molecule is O=C(NC(=S)Nc1ccc(N2C(=O)c3ccccc3C2=O)cc1Cl)c1ccccc1Br. The lowest BCUT2D eigenvalue weighted by Crippen LogP contribution is -2.34. The van der Waals surface area contributed by atoms with Crippen LogP contribution in [0.2, 0.25) is 5.02 Å². The molecule has 3 amide bonds. The maximum atomic E-state index is 12.6. The number of carbonyl (C=O) groups excluding carboxylic acids is 3. The van der Waals surface area contributed by atoms with Gasteiger partial charge < -0.3 is 5.32 Å². The maximum Gasteiger partial charge on any atom is 0.266 e.